The summed E-state index contributed by atoms with van der Waals surface area (Å²) in [6, 6.07) is 0. The molecular formula is C26H32. The highest BCUT2D eigenvalue weighted by atomic mass is 14.9. The number of rotatable bonds is 2. The third kappa shape index (κ3) is 0.972. The fourth-order valence-electron chi connectivity index (χ4n) is 14.2. The summed E-state index contributed by atoms with van der Waals surface area (Å²) in [6.45, 7) is 8.77. The molecule has 0 amide bonds. The van der Waals surface area contributed by atoms with Crippen LogP contribution in [0, 0.1) is 81.3 Å². The van der Waals surface area contributed by atoms with E-state index in [0.29, 0.717) is 5.41 Å². The summed E-state index contributed by atoms with van der Waals surface area (Å²) in [5.41, 5.74) is 3.57. The second-order valence-corrected chi connectivity index (χ2v) is 13.1. The van der Waals surface area contributed by atoms with Crippen LogP contribution >= 0.6 is 0 Å². The number of allylic oxidation sites excluding steroid dienone is 2. The minimum atomic E-state index is 0.480. The predicted octanol–water partition coefficient (Wildman–Crippen LogP) is 5.71. The van der Waals surface area contributed by atoms with E-state index in [1.54, 1.807) is 38.5 Å². The summed E-state index contributed by atoms with van der Waals surface area (Å²) in [6.07, 6.45) is 15.1. The van der Waals surface area contributed by atoms with E-state index in [9.17, 15) is 0 Å². The van der Waals surface area contributed by atoms with Gasteiger partial charge in [-0.1, -0.05) is 19.2 Å². The minimum Gasteiger partial charge on any atom is -0.0988 e. The molecule has 13 rings (SSSR count). The molecule has 0 N–H and O–H groups in total. The van der Waals surface area contributed by atoms with E-state index in [1.165, 1.54) is 42.1 Å². The van der Waals surface area contributed by atoms with Gasteiger partial charge in [0.1, 0.15) is 0 Å². The average Bonchev–Trinajstić information content (AvgIpc) is 2.65. The van der Waals surface area contributed by atoms with Gasteiger partial charge in [0.15, 0.2) is 0 Å². The Bertz CT molecular complexity index is 776. The number of hydrogen-bond donors (Lipinski definition) is 0. The molecule has 0 heteroatoms. The first-order valence-corrected chi connectivity index (χ1v) is 11.9. The quantitative estimate of drug-likeness (QED) is 0.563. The zero-order valence-electron chi connectivity index (χ0n) is 16.0. The normalized spacial score (nSPS) is 76.4. The van der Waals surface area contributed by atoms with Crippen molar-refractivity contribution in [1.29, 1.82) is 0 Å². The van der Waals surface area contributed by atoms with Crippen LogP contribution in [0.15, 0.2) is 24.8 Å². The molecule has 0 heterocycles. The standard InChI is InChI=1S/C26H32/c1-3-12(2)24-7-18-17-9-25-6-13-4-14-16-10-26(11-24,22(18)20(14)25)23(19(17)8-24)21(25)15(16)5-13/h3,13-23H,1-2,4-11H2/t13?,14-,15+,16?,17?,18+,19-,20+,21-,22-,23+,24?,25?,26?. The lowest BCUT2D eigenvalue weighted by atomic mass is 9.12. The summed E-state index contributed by atoms with van der Waals surface area (Å²) >= 11 is 0. The van der Waals surface area contributed by atoms with Crippen LogP contribution in [0.4, 0.5) is 0 Å². The van der Waals surface area contributed by atoms with Gasteiger partial charge in [0.2, 0.25) is 0 Å². The van der Waals surface area contributed by atoms with Crippen LogP contribution < -0.4 is 0 Å². The summed E-state index contributed by atoms with van der Waals surface area (Å²) in [7, 11) is 0. The van der Waals surface area contributed by atoms with Crippen LogP contribution in [0.3, 0.4) is 0 Å². The van der Waals surface area contributed by atoms with Crippen molar-refractivity contribution in [2.45, 2.75) is 51.4 Å². The van der Waals surface area contributed by atoms with Crippen LogP contribution in [0.1, 0.15) is 51.4 Å². The Morgan fingerprint density at radius 3 is 1.92 bits per heavy atom. The Morgan fingerprint density at radius 2 is 1.27 bits per heavy atom. The van der Waals surface area contributed by atoms with Crippen molar-refractivity contribution in [3.05, 3.63) is 24.8 Å². The summed E-state index contributed by atoms with van der Waals surface area (Å²) in [4.78, 5) is 0. The molecule has 0 aromatic carbocycles. The molecule has 0 aliphatic heterocycles. The van der Waals surface area contributed by atoms with E-state index in [-0.39, 0.29) is 0 Å². The third-order valence-electron chi connectivity index (χ3n) is 13.4. The molecule has 136 valence electrons. The van der Waals surface area contributed by atoms with E-state index >= 15 is 0 Å². The van der Waals surface area contributed by atoms with Crippen LogP contribution in [0.2, 0.25) is 0 Å². The van der Waals surface area contributed by atoms with Gasteiger partial charge in [-0.15, -0.1) is 0 Å². The lowest BCUT2D eigenvalue weighted by molar-refractivity contribution is -0.437. The molecule has 0 aromatic heterocycles. The summed E-state index contributed by atoms with van der Waals surface area (Å²) < 4.78 is 0. The van der Waals surface area contributed by atoms with E-state index in [1.807, 2.05) is 0 Å². The van der Waals surface area contributed by atoms with Crippen molar-refractivity contribution < 1.29 is 0 Å². The maximum atomic E-state index is 4.59. The lowest BCUT2D eigenvalue weighted by Crippen LogP contribution is -2.86. The molecule has 6 unspecified atom stereocenters. The van der Waals surface area contributed by atoms with Crippen molar-refractivity contribution >= 4 is 0 Å². The Kier molecular flexibility index (Phi) is 1.81. The van der Waals surface area contributed by atoms with Crippen LogP contribution in [0.25, 0.3) is 0 Å². The Balaban J connectivity index is 1.34. The Labute approximate surface area is 157 Å². The molecule has 13 saturated carbocycles. The molecule has 2 spiro atoms. The van der Waals surface area contributed by atoms with Gasteiger partial charge in [-0.2, -0.15) is 0 Å². The van der Waals surface area contributed by atoms with Crippen molar-refractivity contribution in [2.75, 3.05) is 0 Å². The highest BCUT2D eigenvalue weighted by Gasteiger charge is 2.88. The van der Waals surface area contributed by atoms with Gasteiger partial charge in [0.25, 0.3) is 0 Å². The largest absolute Gasteiger partial charge is 0.0988 e. The monoisotopic (exact) mass is 344 g/mol. The van der Waals surface area contributed by atoms with E-state index in [4.69, 9.17) is 0 Å². The zero-order chi connectivity index (χ0) is 16.8. The predicted molar refractivity (Wildman–Crippen MR) is 102 cm³/mol. The van der Waals surface area contributed by atoms with Gasteiger partial charge in [0, 0.05) is 0 Å². The molecule has 13 fully saturated rings. The van der Waals surface area contributed by atoms with Gasteiger partial charge in [-0.05, 0) is 138 Å². The lowest BCUT2D eigenvalue weighted by Gasteiger charge is -2.92. The maximum Gasteiger partial charge on any atom is -0.00419 e. The molecule has 0 saturated heterocycles. The first-order valence-electron chi connectivity index (χ1n) is 11.9. The molecule has 13 aliphatic carbocycles. The SMILES string of the molecule is C=CC(=C)C12C[C@@H]3C4CC56CC7C[C@@H]8C9CC(C1)([C@@H]3[C@H]5[C@H]9C7)[C@@H]([C@H]86)[C@H]4C2. The van der Waals surface area contributed by atoms with E-state index in [2.05, 4.69) is 19.2 Å². The average molecular weight is 345 g/mol. The fourth-order valence-corrected chi connectivity index (χ4v) is 14.2. The van der Waals surface area contributed by atoms with Crippen molar-refractivity contribution in [3.63, 3.8) is 0 Å². The van der Waals surface area contributed by atoms with Gasteiger partial charge in [-0.3, -0.25) is 0 Å². The smallest absolute Gasteiger partial charge is 0.00419 e. The van der Waals surface area contributed by atoms with Crippen LogP contribution in [-0.4, -0.2) is 0 Å². The first kappa shape index (κ1) is 13.6. The Hall–Kier alpha value is -0.520. The first-order chi connectivity index (χ1) is 12.6. The van der Waals surface area contributed by atoms with Crippen LogP contribution in [0.5, 0.6) is 0 Å². The van der Waals surface area contributed by atoms with Gasteiger partial charge < -0.3 is 0 Å². The highest BCUT2D eigenvalue weighted by molar-refractivity contribution is 5.39. The third-order valence-corrected chi connectivity index (χ3v) is 13.4. The van der Waals surface area contributed by atoms with Crippen molar-refractivity contribution in [3.8, 4) is 0 Å². The van der Waals surface area contributed by atoms with E-state index < -0.39 is 0 Å². The fraction of sp³-hybridized carbons (Fsp3) is 0.846. The summed E-state index contributed by atoms with van der Waals surface area (Å²) in [5, 5.41) is 0. The van der Waals surface area contributed by atoms with Crippen LogP contribution in [-0.2, 0) is 0 Å². The highest BCUT2D eigenvalue weighted by Crippen LogP contribution is 2.94. The van der Waals surface area contributed by atoms with E-state index in [0.717, 1.165) is 52.3 Å². The van der Waals surface area contributed by atoms with Gasteiger partial charge in [-0.25, -0.2) is 0 Å². The number of hydrogen-bond acceptors (Lipinski definition) is 0. The molecule has 26 heavy (non-hydrogen) atoms. The molecule has 14 atom stereocenters. The van der Waals surface area contributed by atoms with Gasteiger partial charge >= 0.3 is 0 Å². The minimum absolute atomic E-state index is 0.480. The molecule has 0 nitrogen and oxygen atoms in total. The van der Waals surface area contributed by atoms with Crippen molar-refractivity contribution in [1.82, 2.24) is 0 Å². The summed E-state index contributed by atoms with van der Waals surface area (Å²) in [5.74, 6) is 12.7. The topological polar surface area (TPSA) is 0 Å². The van der Waals surface area contributed by atoms with Crippen molar-refractivity contribution in [2.24, 2.45) is 81.3 Å². The maximum absolute atomic E-state index is 4.59. The molecule has 14 bridgehead atoms. The zero-order valence-corrected chi connectivity index (χ0v) is 16.0. The second kappa shape index (κ2) is 3.46. The Morgan fingerprint density at radius 1 is 0.692 bits per heavy atom. The molecule has 0 radical (unpaired) electrons. The molecule has 13 aliphatic rings. The molecule has 0 aromatic rings. The molecular weight excluding hydrogens is 312 g/mol. The second-order valence-electron chi connectivity index (χ2n) is 13.1. The van der Waals surface area contributed by atoms with Gasteiger partial charge in [0.05, 0.1) is 0 Å².